The van der Waals surface area contributed by atoms with E-state index in [-0.39, 0.29) is 23.9 Å². The van der Waals surface area contributed by atoms with Gasteiger partial charge in [-0.25, -0.2) is 4.98 Å². The third-order valence-corrected chi connectivity index (χ3v) is 6.97. The van der Waals surface area contributed by atoms with Crippen LogP contribution in [0.5, 0.6) is 0 Å². The van der Waals surface area contributed by atoms with E-state index in [9.17, 15) is 9.59 Å². The third kappa shape index (κ3) is 4.03. The van der Waals surface area contributed by atoms with Crippen molar-refractivity contribution in [1.82, 2.24) is 15.3 Å². The number of hydrogen-bond donors (Lipinski definition) is 2. The van der Waals surface area contributed by atoms with Gasteiger partial charge in [0, 0.05) is 17.7 Å². The van der Waals surface area contributed by atoms with Gasteiger partial charge >= 0.3 is 0 Å². The average molecular weight is 430 g/mol. The fraction of sp³-hybridized carbons (Fsp3) is 0.240. The van der Waals surface area contributed by atoms with Gasteiger partial charge in [-0.2, -0.15) is 0 Å². The number of thiophene rings is 1. The number of aromatic nitrogens is 2. The number of fused-ring (bicyclic) bond motifs is 3. The predicted octanol–water partition coefficient (Wildman–Crippen LogP) is 4.31. The maximum absolute atomic E-state index is 12.8. The first-order valence-electron chi connectivity index (χ1n) is 10.6. The highest BCUT2D eigenvalue weighted by Gasteiger charge is 2.21. The van der Waals surface area contributed by atoms with E-state index in [4.69, 9.17) is 0 Å². The number of amides is 1. The van der Waals surface area contributed by atoms with E-state index in [0.29, 0.717) is 12.2 Å². The molecule has 1 amide bonds. The largest absolute Gasteiger partial charge is 0.345 e. The van der Waals surface area contributed by atoms with Crippen molar-refractivity contribution >= 4 is 27.5 Å². The van der Waals surface area contributed by atoms with Crippen molar-refractivity contribution in [3.05, 3.63) is 98.4 Å². The molecule has 0 spiro atoms. The van der Waals surface area contributed by atoms with Crippen LogP contribution in [-0.2, 0) is 24.1 Å². The van der Waals surface area contributed by atoms with Gasteiger partial charge in [-0.05, 0) is 36.0 Å². The second-order valence-electron chi connectivity index (χ2n) is 7.87. The molecule has 0 atom stereocenters. The number of rotatable bonds is 6. The Hall–Kier alpha value is -3.25. The lowest BCUT2D eigenvalue weighted by atomic mass is 9.98. The third-order valence-electron chi connectivity index (χ3n) is 5.78. The molecule has 1 aliphatic rings. The molecule has 6 heteroatoms. The van der Waals surface area contributed by atoms with Crippen LogP contribution in [0.15, 0.2) is 65.5 Å². The van der Waals surface area contributed by atoms with E-state index >= 15 is 0 Å². The van der Waals surface area contributed by atoms with Gasteiger partial charge in [0.1, 0.15) is 10.7 Å². The van der Waals surface area contributed by atoms with E-state index in [0.717, 1.165) is 40.6 Å². The standard InChI is InChI=1S/C25H23N3O2S/c29-21(28-23(16-8-3-1-4-9-16)17-10-5-2-6-11-17)15-14-20-26-24(30)22-18-12-7-13-19(18)31-25(22)27-20/h1-6,8-11,23H,7,12-15H2,(H,28,29)(H,26,27,30). The zero-order valence-electron chi connectivity index (χ0n) is 17.1. The predicted molar refractivity (Wildman–Crippen MR) is 123 cm³/mol. The Labute approximate surface area is 184 Å². The molecule has 0 radical (unpaired) electrons. The summed E-state index contributed by atoms with van der Waals surface area (Å²) in [6, 6.07) is 19.7. The summed E-state index contributed by atoms with van der Waals surface area (Å²) >= 11 is 1.62. The normalized spacial score (nSPS) is 12.9. The summed E-state index contributed by atoms with van der Waals surface area (Å²) < 4.78 is 0. The fourth-order valence-electron chi connectivity index (χ4n) is 4.28. The summed E-state index contributed by atoms with van der Waals surface area (Å²) in [7, 11) is 0. The highest BCUT2D eigenvalue weighted by Crippen LogP contribution is 2.34. The minimum atomic E-state index is -0.218. The van der Waals surface area contributed by atoms with Crippen molar-refractivity contribution in [2.45, 2.75) is 38.1 Å². The first-order valence-corrected chi connectivity index (χ1v) is 11.4. The second kappa shape index (κ2) is 8.47. The van der Waals surface area contributed by atoms with Crippen LogP contribution in [0.1, 0.15) is 46.3 Å². The molecule has 4 aromatic rings. The first-order chi connectivity index (χ1) is 15.2. The van der Waals surface area contributed by atoms with Crippen LogP contribution in [-0.4, -0.2) is 15.9 Å². The summed E-state index contributed by atoms with van der Waals surface area (Å²) in [5, 5.41) is 3.90. The van der Waals surface area contributed by atoms with E-state index < -0.39 is 0 Å². The molecule has 0 fully saturated rings. The van der Waals surface area contributed by atoms with Crippen LogP contribution < -0.4 is 10.9 Å². The zero-order chi connectivity index (χ0) is 21.2. The van der Waals surface area contributed by atoms with Crippen LogP contribution in [0.4, 0.5) is 0 Å². The van der Waals surface area contributed by atoms with E-state index in [1.807, 2.05) is 60.7 Å². The molecule has 0 aliphatic heterocycles. The molecule has 5 nitrogen and oxygen atoms in total. The number of hydrogen-bond acceptors (Lipinski definition) is 4. The monoisotopic (exact) mass is 429 g/mol. The number of carbonyl (C=O) groups is 1. The number of H-pyrrole nitrogens is 1. The van der Waals surface area contributed by atoms with Crippen molar-refractivity contribution in [3.63, 3.8) is 0 Å². The maximum atomic E-state index is 12.8. The Bertz CT molecular complexity index is 1240. The topological polar surface area (TPSA) is 74.8 Å². The lowest BCUT2D eigenvalue weighted by molar-refractivity contribution is -0.121. The Kier molecular flexibility index (Phi) is 5.38. The SMILES string of the molecule is O=C(CCc1nc2sc3c(c2c(=O)[nH]1)CCC3)NC(c1ccccc1)c1ccccc1. The molecule has 156 valence electrons. The lowest BCUT2D eigenvalue weighted by Crippen LogP contribution is -2.29. The minimum Gasteiger partial charge on any atom is -0.345 e. The molecule has 0 unspecified atom stereocenters. The summed E-state index contributed by atoms with van der Waals surface area (Å²) in [6.07, 6.45) is 3.77. The maximum Gasteiger partial charge on any atom is 0.259 e. The first kappa shape index (κ1) is 19.7. The zero-order valence-corrected chi connectivity index (χ0v) is 17.9. The van der Waals surface area contributed by atoms with Crippen molar-refractivity contribution < 1.29 is 4.79 Å². The average Bonchev–Trinajstić information content (AvgIpc) is 3.38. The number of nitrogens with one attached hydrogen (secondary N) is 2. The minimum absolute atomic E-state index is 0.0749. The Morgan fingerprint density at radius 3 is 2.39 bits per heavy atom. The van der Waals surface area contributed by atoms with Crippen LogP contribution in [0, 0.1) is 0 Å². The smallest absolute Gasteiger partial charge is 0.259 e. The molecule has 2 heterocycles. The molecule has 0 saturated heterocycles. The summed E-state index contributed by atoms with van der Waals surface area (Å²) in [6.45, 7) is 0. The van der Waals surface area contributed by atoms with Gasteiger partial charge in [-0.3, -0.25) is 9.59 Å². The van der Waals surface area contributed by atoms with Gasteiger partial charge in [0.2, 0.25) is 5.91 Å². The van der Waals surface area contributed by atoms with Crippen LogP contribution in [0.3, 0.4) is 0 Å². The van der Waals surface area contributed by atoms with Gasteiger partial charge in [-0.15, -0.1) is 11.3 Å². The Morgan fingerprint density at radius 1 is 1.03 bits per heavy atom. The summed E-state index contributed by atoms with van der Waals surface area (Å²) in [5.41, 5.74) is 3.16. The van der Waals surface area contributed by atoms with Crippen molar-refractivity contribution in [3.8, 4) is 0 Å². The van der Waals surface area contributed by atoms with Crippen molar-refractivity contribution in [2.24, 2.45) is 0 Å². The van der Waals surface area contributed by atoms with Crippen molar-refractivity contribution in [2.75, 3.05) is 0 Å². The molecule has 2 aromatic carbocycles. The van der Waals surface area contributed by atoms with Gasteiger partial charge in [0.25, 0.3) is 5.56 Å². The molecule has 0 saturated carbocycles. The molecular formula is C25H23N3O2S. The molecule has 0 bridgehead atoms. The fourth-order valence-corrected chi connectivity index (χ4v) is 5.56. The molecular weight excluding hydrogens is 406 g/mol. The number of aromatic amines is 1. The molecule has 1 aliphatic carbocycles. The highest BCUT2D eigenvalue weighted by atomic mass is 32.1. The van der Waals surface area contributed by atoms with Crippen LogP contribution in [0.2, 0.25) is 0 Å². The Morgan fingerprint density at radius 2 is 1.71 bits per heavy atom. The second-order valence-corrected chi connectivity index (χ2v) is 8.96. The molecule has 5 rings (SSSR count). The number of nitrogens with zero attached hydrogens (tertiary/aromatic N) is 1. The number of benzene rings is 2. The molecule has 31 heavy (non-hydrogen) atoms. The summed E-state index contributed by atoms with van der Waals surface area (Å²) in [5.74, 6) is 0.498. The van der Waals surface area contributed by atoms with E-state index in [2.05, 4.69) is 15.3 Å². The van der Waals surface area contributed by atoms with Crippen LogP contribution >= 0.6 is 11.3 Å². The van der Waals surface area contributed by atoms with E-state index in [1.54, 1.807) is 11.3 Å². The van der Waals surface area contributed by atoms with Gasteiger partial charge in [-0.1, -0.05) is 60.7 Å². The lowest BCUT2D eigenvalue weighted by Gasteiger charge is -2.20. The van der Waals surface area contributed by atoms with Gasteiger partial charge in [0.05, 0.1) is 11.4 Å². The Balaban J connectivity index is 1.32. The van der Waals surface area contributed by atoms with Gasteiger partial charge < -0.3 is 10.3 Å². The highest BCUT2D eigenvalue weighted by molar-refractivity contribution is 7.18. The quantitative estimate of drug-likeness (QED) is 0.480. The van der Waals surface area contributed by atoms with Crippen molar-refractivity contribution in [1.29, 1.82) is 0 Å². The molecule has 2 N–H and O–H groups in total. The van der Waals surface area contributed by atoms with Gasteiger partial charge in [0.15, 0.2) is 0 Å². The number of aryl methyl sites for hydroxylation is 3. The summed E-state index contributed by atoms with van der Waals surface area (Å²) in [4.78, 5) is 35.1. The van der Waals surface area contributed by atoms with Crippen LogP contribution in [0.25, 0.3) is 10.2 Å². The van der Waals surface area contributed by atoms with E-state index in [1.165, 1.54) is 10.4 Å². The molecule has 2 aromatic heterocycles. The number of carbonyl (C=O) groups excluding carboxylic acids is 1.